The Morgan fingerprint density at radius 3 is 1.78 bits per heavy atom. The molecule has 0 unspecified atom stereocenters. The lowest BCUT2D eigenvalue weighted by atomic mass is 9.85. The van der Waals surface area contributed by atoms with Crippen LogP contribution in [0.4, 0.5) is 0 Å². The molecular formula is C95H132I2N18O22S4. The summed E-state index contributed by atoms with van der Waals surface area (Å²) in [6, 6.07) is 9.71. The number of likely N-dealkylation sites (N-methyl/N-ethyl adjacent to an activating group) is 2. The normalized spacial score (nSPS) is 25.0. The number of nitrogens with zero attached hydrogens (tertiary/aromatic N) is 4. The van der Waals surface area contributed by atoms with Gasteiger partial charge in [0.15, 0.2) is 34.5 Å². The number of fused-ring (bicyclic) bond motifs is 12. The van der Waals surface area contributed by atoms with E-state index in [9.17, 15) is 77.3 Å². The van der Waals surface area contributed by atoms with Crippen LogP contribution in [-0.4, -0.2) is 310 Å². The zero-order chi connectivity index (χ0) is 101. The number of carbonyl (C=O) groups is 14. The van der Waals surface area contributed by atoms with Crippen LogP contribution in [0.3, 0.4) is 0 Å². The molecule has 141 heavy (non-hydrogen) atoms. The second kappa shape index (κ2) is 53.0. The second-order valence-corrected chi connectivity index (χ2v) is 41.9. The highest BCUT2D eigenvalue weighted by atomic mass is 127. The number of amides is 14. The molecule has 14 amide bonds. The molecule has 4 fully saturated rings. The molecular weight excluding hydrogens is 2130 g/mol. The van der Waals surface area contributed by atoms with Crippen LogP contribution in [0.1, 0.15) is 130 Å². The van der Waals surface area contributed by atoms with Crippen LogP contribution < -0.4 is 152 Å². The number of hydrogen-bond acceptors (Lipinski definition) is 28. The molecule has 20 N–H and O–H groups in total. The highest BCUT2D eigenvalue weighted by Crippen LogP contribution is 2.53. The lowest BCUT2D eigenvalue weighted by Crippen LogP contribution is -3.00. The summed E-state index contributed by atoms with van der Waals surface area (Å²) in [6.07, 6.45) is 4.40. The zero-order valence-corrected chi connectivity index (χ0v) is 88.5. The number of nitrogens with one attached hydrogen (secondary N) is 10. The van der Waals surface area contributed by atoms with E-state index in [0.29, 0.717) is 60.0 Å². The molecule has 8 heterocycles. The number of unbranched alkanes of at least 4 members (excludes halogenated alkanes) is 1. The van der Waals surface area contributed by atoms with Crippen LogP contribution in [0.15, 0.2) is 84.9 Å². The summed E-state index contributed by atoms with van der Waals surface area (Å²) in [5.74, 6) is -9.26. The lowest BCUT2D eigenvalue weighted by molar-refractivity contribution is -0.923. The van der Waals surface area contributed by atoms with Gasteiger partial charge in [-0.25, -0.2) is 0 Å². The number of phenols is 1. The Morgan fingerprint density at radius 2 is 1.14 bits per heavy atom. The topological polar surface area (TPSA) is 566 Å². The minimum absolute atomic E-state index is 0. The first kappa shape index (κ1) is 115. The van der Waals surface area contributed by atoms with Gasteiger partial charge in [0.25, 0.3) is 0 Å². The Hall–Kier alpha value is -10.1. The van der Waals surface area contributed by atoms with Crippen molar-refractivity contribution in [2.75, 3.05) is 126 Å². The molecule has 0 radical (unpaired) electrons. The quantitative estimate of drug-likeness (QED) is 0.0170. The van der Waals surface area contributed by atoms with Crippen LogP contribution in [0.25, 0.3) is 0 Å². The average molecular weight is 2260 g/mol. The highest BCUT2D eigenvalue weighted by Gasteiger charge is 2.46. The van der Waals surface area contributed by atoms with Gasteiger partial charge in [0.2, 0.25) is 88.5 Å². The third kappa shape index (κ3) is 29.8. The molecule has 15 atom stereocenters. The number of benzene rings is 5. The number of aliphatic hydroxyl groups excluding tert-OH is 1. The molecule has 0 saturated carbocycles. The lowest BCUT2D eigenvalue weighted by Gasteiger charge is -2.43. The number of rotatable bonds is 18. The number of carbonyl (C=O) groups excluding carboxylic acids is 14. The van der Waals surface area contributed by atoms with Gasteiger partial charge in [-0.15, -0.1) is 0 Å². The van der Waals surface area contributed by atoms with Crippen molar-refractivity contribution >= 4 is 126 Å². The van der Waals surface area contributed by atoms with E-state index in [-0.39, 0.29) is 141 Å². The van der Waals surface area contributed by atoms with Gasteiger partial charge in [-0.2, -0.15) is 0 Å². The minimum atomic E-state index is -1.79. The van der Waals surface area contributed by atoms with Crippen molar-refractivity contribution in [1.29, 1.82) is 0 Å². The largest absolute Gasteiger partial charge is 1.00 e. The minimum Gasteiger partial charge on any atom is -1.00 e. The van der Waals surface area contributed by atoms with Crippen molar-refractivity contribution in [3.8, 4) is 51.7 Å². The summed E-state index contributed by atoms with van der Waals surface area (Å²) >= 11 is 0. The molecule has 8 bridgehead atoms. The molecule has 5 aromatic rings. The Balaban J connectivity index is 0.000000370. The van der Waals surface area contributed by atoms with E-state index in [2.05, 4.69) is 136 Å². The van der Waals surface area contributed by atoms with Crippen molar-refractivity contribution in [3.63, 3.8) is 0 Å². The average Bonchev–Trinajstić information content (AvgIpc) is 1.62. The number of phenolic OH excluding ortho intramolecular Hbond substituents is 1. The Bertz CT molecular complexity index is 5310. The summed E-state index contributed by atoms with van der Waals surface area (Å²) in [7, 11) is 19.6. The molecule has 8 aliphatic rings. The van der Waals surface area contributed by atoms with Gasteiger partial charge >= 0.3 is 0 Å². The molecule has 40 nitrogen and oxygen atoms in total. The van der Waals surface area contributed by atoms with Crippen molar-refractivity contribution in [3.05, 3.63) is 124 Å². The van der Waals surface area contributed by atoms with E-state index in [1.54, 1.807) is 42.3 Å². The first-order valence-corrected chi connectivity index (χ1v) is 51.6. The SMILES string of the molecule is CC[C@H](C)[C@H](N)C(=O)N[C@H]1CSSC[C@@H]2NC(=O)[C@H](C)NC(=O)[C@@H]3CCCN3C(=O)[C@H](CC(N)=O)NC(=O)[C@H](CSSC[C@@H](C(N)=O)NC(=O)[C@H](CO)NC(=O)[C@H](Cc3ccc(O)cc3)NC(=O)[C@H](CCCCN)NC(=O)[C@@H]3CCCN3C(=O)CNC2=O)NC1=O.COc1ccc2cc1Oc1cc3c(cc1OC)CC[N+](C)(C)[C@H]3Cc1ccc(cc1)Oc1c(OC)c(OC)cc3c1[C@@H](C2)[N+](C)(C)CC3.[I-].[I-]. The van der Waals surface area contributed by atoms with Crippen LogP contribution in [0, 0.1) is 5.92 Å². The summed E-state index contributed by atoms with van der Waals surface area (Å²) in [6.45, 7) is 5.28. The molecule has 13 rings (SSSR count). The van der Waals surface area contributed by atoms with Crippen molar-refractivity contribution < 1.29 is 163 Å². The number of aliphatic hydroxyl groups is 1. The highest BCUT2D eigenvalue weighted by molar-refractivity contribution is 8.77. The second-order valence-electron chi connectivity index (χ2n) is 36.8. The molecule has 46 heteroatoms. The van der Waals surface area contributed by atoms with Crippen molar-refractivity contribution in [1.82, 2.24) is 63.0 Å². The van der Waals surface area contributed by atoms with Crippen molar-refractivity contribution in [2.45, 2.75) is 195 Å². The number of nitrogens with two attached hydrogens (primary N) is 4. The van der Waals surface area contributed by atoms with E-state index >= 15 is 0 Å². The van der Waals surface area contributed by atoms with Gasteiger partial charge in [0, 0.05) is 73.8 Å². The molecule has 8 aliphatic heterocycles. The Kier molecular flexibility index (Phi) is 43.0. The molecule has 0 spiro atoms. The van der Waals surface area contributed by atoms with E-state index in [4.69, 9.17) is 51.4 Å². The zero-order valence-electron chi connectivity index (χ0n) is 81.0. The molecule has 0 aromatic heterocycles. The molecule has 5 aromatic carbocycles. The number of ether oxygens (including phenoxy) is 6. The maximum atomic E-state index is 14.6. The number of halogens is 2. The van der Waals surface area contributed by atoms with Gasteiger partial charge in [0.05, 0.1) is 101 Å². The van der Waals surface area contributed by atoms with E-state index in [1.807, 2.05) is 6.07 Å². The molecule has 0 aliphatic carbocycles. The monoisotopic (exact) mass is 2260 g/mol. The summed E-state index contributed by atoms with van der Waals surface area (Å²) in [4.78, 5) is 198. The third-order valence-corrected chi connectivity index (χ3v) is 31.3. The number of methoxy groups -OCH3 is 4. The number of quaternary nitrogens is 2. The van der Waals surface area contributed by atoms with Crippen molar-refractivity contribution in [2.24, 2.45) is 28.9 Å². The van der Waals surface area contributed by atoms with Crippen LogP contribution in [0.2, 0.25) is 0 Å². The summed E-state index contributed by atoms with van der Waals surface area (Å²) in [5.41, 5.74) is 31.2. The van der Waals surface area contributed by atoms with Gasteiger partial charge in [-0.3, -0.25) is 67.1 Å². The van der Waals surface area contributed by atoms with Gasteiger partial charge in [0.1, 0.15) is 90.0 Å². The fraction of sp³-hybridized carbons (Fsp3) is 0.537. The predicted molar refractivity (Wildman–Crippen MR) is 524 cm³/mol. The van der Waals surface area contributed by atoms with Gasteiger partial charge in [-0.05, 0) is 147 Å². The molecule has 772 valence electrons. The van der Waals surface area contributed by atoms with E-state index in [0.717, 1.165) is 124 Å². The third-order valence-electron chi connectivity index (χ3n) is 26.4. The number of hydrogen-bond donors (Lipinski definition) is 16. The molecule has 4 saturated heterocycles. The summed E-state index contributed by atoms with van der Waals surface area (Å²) < 4.78 is 39.0. The standard InChI is InChI=1S/C55H84N16O16S4.C40H48N2O6.2HI/c1-4-27(2)43(58)54(86)69-38-26-91-89-24-36-46(78)60-21-42(75)70-17-7-10-39(70)53(85)62-31(9-5-6-16-56)47(79)63-32(19-29-12-14-30(73)15-13-29)48(80)65-34(22-72)49(81)66-35(44(59)76)23-88-90-25-37(68-51(38)83)50(82)64-33(20-41(57)74)55(87)71-18-8-11-40(71)52(84)61-28(3)45(77)67-36;1-41(2)17-15-27-22-34(44-6)36-24-30(27)31(41)19-25-9-12-29(13-10-25)47-40-38-28(23-37(45-7)39(40)46-8)16-18-42(3,4)32(38)20-26-11-14-33(43-5)35(21-26)48-36;;/h12-15,27-28,31-40,43,72-73H,4-11,16-26,56,58H2,1-3H3,(H2,57,74)(H2,59,76)(H,60,78)(H,61,84)(H,62,85)(H,63,79)(H,64,82)(H,65,80)(H,66,81)(H,67,77)(H,68,83)(H,69,86);9-14,21-24,31-32H,15-20H2,1-8H3;2*1H/q;+2;;/p-2/t27-,28-,31-,32-,33-,34-,35-,36-,37-,38-,39-,40-,43-;31-,32+;;/m00../s1. The fourth-order valence-corrected chi connectivity index (χ4v) is 22.6. The van der Waals surface area contributed by atoms with Crippen LogP contribution in [-0.2, 0) is 99.2 Å². The summed E-state index contributed by atoms with van der Waals surface area (Å²) in [5, 5.41) is 46.0. The Morgan fingerprint density at radius 1 is 0.582 bits per heavy atom. The maximum absolute atomic E-state index is 14.6. The number of aromatic hydroxyl groups is 1. The van der Waals surface area contributed by atoms with E-state index < -0.39 is 181 Å². The number of primary amides is 2. The van der Waals surface area contributed by atoms with Crippen LogP contribution in [0.5, 0.6) is 51.7 Å². The first-order valence-electron chi connectivity index (χ1n) is 46.6. The Labute approximate surface area is 870 Å². The first-order chi connectivity index (χ1) is 66.3. The van der Waals surface area contributed by atoms with Gasteiger partial charge < -0.3 is 181 Å². The predicted octanol–water partition coefficient (Wildman–Crippen LogP) is -4.48. The smallest absolute Gasteiger partial charge is 0.246 e. The van der Waals surface area contributed by atoms with Crippen LogP contribution >= 0.6 is 43.2 Å². The maximum Gasteiger partial charge on any atom is 0.246 e. The van der Waals surface area contributed by atoms with Gasteiger partial charge in [-0.1, -0.05) is 93.8 Å². The van der Waals surface area contributed by atoms with E-state index in [1.165, 1.54) is 58.3 Å². The fourth-order valence-electron chi connectivity index (χ4n) is 17.9.